The molecule has 0 atom stereocenters. The van der Waals surface area contributed by atoms with Crippen molar-refractivity contribution in [1.29, 1.82) is 0 Å². The van der Waals surface area contributed by atoms with E-state index < -0.39 is 0 Å². The molecule has 0 N–H and O–H groups in total. The SMILES string of the molecule is CCOC1(c2nc(Cl)c3ccsc3n2)CCC(C)CC1. The van der Waals surface area contributed by atoms with E-state index in [2.05, 4.69) is 11.9 Å². The summed E-state index contributed by atoms with van der Waals surface area (Å²) in [6.07, 6.45) is 4.28. The molecule has 0 unspecified atom stereocenters. The standard InChI is InChI=1S/C15H19ClN2OS/c1-3-19-15(7-4-10(2)5-8-15)14-17-12(16)11-6-9-20-13(11)18-14/h6,9-10H,3-5,7-8H2,1-2H3. The van der Waals surface area contributed by atoms with E-state index in [4.69, 9.17) is 21.3 Å². The van der Waals surface area contributed by atoms with Crippen molar-refractivity contribution < 1.29 is 4.74 Å². The fourth-order valence-corrected chi connectivity index (χ4v) is 4.01. The average Bonchev–Trinajstić information content (AvgIpc) is 2.91. The van der Waals surface area contributed by atoms with Crippen LogP contribution in [0.4, 0.5) is 0 Å². The summed E-state index contributed by atoms with van der Waals surface area (Å²) in [6.45, 7) is 5.01. The summed E-state index contributed by atoms with van der Waals surface area (Å²) in [5.74, 6) is 1.52. The fraction of sp³-hybridized carbons (Fsp3) is 0.600. The quantitative estimate of drug-likeness (QED) is 0.765. The Kier molecular flexibility index (Phi) is 3.98. The Hall–Kier alpha value is -0.710. The van der Waals surface area contributed by atoms with Gasteiger partial charge in [0.1, 0.15) is 15.6 Å². The van der Waals surface area contributed by atoms with Gasteiger partial charge in [0.2, 0.25) is 0 Å². The molecular weight excluding hydrogens is 292 g/mol. The van der Waals surface area contributed by atoms with Crippen molar-refractivity contribution in [3.8, 4) is 0 Å². The van der Waals surface area contributed by atoms with E-state index in [1.807, 2.05) is 18.4 Å². The van der Waals surface area contributed by atoms with Gasteiger partial charge in [-0.25, -0.2) is 9.97 Å². The van der Waals surface area contributed by atoms with Gasteiger partial charge in [0.25, 0.3) is 0 Å². The van der Waals surface area contributed by atoms with Gasteiger partial charge in [0.05, 0.1) is 0 Å². The molecule has 0 aromatic carbocycles. The highest BCUT2D eigenvalue weighted by atomic mass is 35.5. The highest BCUT2D eigenvalue weighted by Crippen LogP contribution is 2.42. The van der Waals surface area contributed by atoms with Crippen LogP contribution in [0.2, 0.25) is 5.15 Å². The second-order valence-corrected chi connectivity index (χ2v) is 6.84. The number of nitrogens with zero attached hydrogens (tertiary/aromatic N) is 2. The van der Waals surface area contributed by atoms with E-state index >= 15 is 0 Å². The van der Waals surface area contributed by atoms with Gasteiger partial charge in [-0.15, -0.1) is 11.3 Å². The Bertz CT molecular complexity index is 605. The number of halogens is 1. The lowest BCUT2D eigenvalue weighted by molar-refractivity contribution is -0.0834. The Balaban J connectivity index is 2.04. The van der Waals surface area contributed by atoms with Crippen molar-refractivity contribution in [2.24, 2.45) is 5.92 Å². The molecule has 0 saturated heterocycles. The van der Waals surface area contributed by atoms with Crippen LogP contribution in [-0.4, -0.2) is 16.6 Å². The molecule has 0 aliphatic heterocycles. The predicted molar refractivity (Wildman–Crippen MR) is 83.4 cm³/mol. The van der Waals surface area contributed by atoms with Crippen molar-refractivity contribution in [3.63, 3.8) is 0 Å². The minimum atomic E-state index is -0.344. The lowest BCUT2D eigenvalue weighted by Crippen LogP contribution is -2.36. The summed E-state index contributed by atoms with van der Waals surface area (Å²) in [5.41, 5.74) is -0.344. The molecular formula is C15H19ClN2OS. The monoisotopic (exact) mass is 310 g/mol. The van der Waals surface area contributed by atoms with Crippen LogP contribution >= 0.6 is 22.9 Å². The number of ether oxygens (including phenoxy) is 1. The van der Waals surface area contributed by atoms with Crippen LogP contribution in [0.15, 0.2) is 11.4 Å². The topological polar surface area (TPSA) is 35.0 Å². The van der Waals surface area contributed by atoms with Gasteiger partial charge in [-0.3, -0.25) is 0 Å². The first-order valence-corrected chi connectivity index (χ1v) is 8.45. The zero-order chi connectivity index (χ0) is 14.2. The van der Waals surface area contributed by atoms with Crippen LogP contribution in [0.5, 0.6) is 0 Å². The summed E-state index contributed by atoms with van der Waals surface area (Å²) in [6, 6.07) is 1.97. The number of fused-ring (bicyclic) bond motifs is 1. The zero-order valence-electron chi connectivity index (χ0n) is 11.9. The number of hydrogen-bond donors (Lipinski definition) is 0. The van der Waals surface area contributed by atoms with Crippen molar-refractivity contribution >= 4 is 33.2 Å². The molecule has 0 spiro atoms. The molecule has 2 aromatic heterocycles. The Morgan fingerprint density at radius 1 is 1.40 bits per heavy atom. The van der Waals surface area contributed by atoms with Crippen molar-refractivity contribution in [3.05, 3.63) is 22.4 Å². The Morgan fingerprint density at radius 2 is 2.15 bits per heavy atom. The minimum absolute atomic E-state index is 0.344. The Morgan fingerprint density at radius 3 is 2.85 bits per heavy atom. The highest BCUT2D eigenvalue weighted by molar-refractivity contribution is 7.16. The van der Waals surface area contributed by atoms with Crippen LogP contribution in [0, 0.1) is 5.92 Å². The largest absolute Gasteiger partial charge is 0.367 e. The van der Waals surface area contributed by atoms with Crippen molar-refractivity contribution in [2.75, 3.05) is 6.61 Å². The van der Waals surface area contributed by atoms with Crippen LogP contribution in [0.1, 0.15) is 45.4 Å². The molecule has 2 aromatic rings. The summed E-state index contributed by atoms with van der Waals surface area (Å²) in [7, 11) is 0. The molecule has 1 fully saturated rings. The highest BCUT2D eigenvalue weighted by Gasteiger charge is 2.39. The second-order valence-electron chi connectivity index (χ2n) is 5.59. The number of aromatic nitrogens is 2. The van der Waals surface area contributed by atoms with Gasteiger partial charge in [-0.2, -0.15) is 0 Å². The third-order valence-corrected chi connectivity index (χ3v) is 5.28. The molecule has 1 aliphatic rings. The lowest BCUT2D eigenvalue weighted by atomic mass is 9.79. The molecule has 1 saturated carbocycles. The number of thiophene rings is 1. The lowest BCUT2D eigenvalue weighted by Gasteiger charge is -2.37. The van der Waals surface area contributed by atoms with Crippen LogP contribution < -0.4 is 0 Å². The van der Waals surface area contributed by atoms with E-state index in [1.54, 1.807) is 11.3 Å². The number of rotatable bonds is 3. The summed E-state index contributed by atoms with van der Waals surface area (Å²) < 4.78 is 6.11. The summed E-state index contributed by atoms with van der Waals surface area (Å²) >= 11 is 7.92. The minimum Gasteiger partial charge on any atom is -0.367 e. The zero-order valence-corrected chi connectivity index (χ0v) is 13.4. The summed E-state index contributed by atoms with van der Waals surface area (Å²) in [4.78, 5) is 10.2. The molecule has 2 heterocycles. The maximum Gasteiger partial charge on any atom is 0.163 e. The molecule has 5 heteroatoms. The maximum atomic E-state index is 6.31. The third-order valence-electron chi connectivity index (χ3n) is 4.19. The molecule has 20 heavy (non-hydrogen) atoms. The van der Waals surface area contributed by atoms with Gasteiger partial charge in [-0.05, 0) is 50.0 Å². The van der Waals surface area contributed by atoms with Gasteiger partial charge in [0.15, 0.2) is 5.82 Å². The fourth-order valence-electron chi connectivity index (χ4n) is 2.96. The van der Waals surface area contributed by atoms with Crippen LogP contribution in [-0.2, 0) is 10.3 Å². The van der Waals surface area contributed by atoms with Crippen molar-refractivity contribution in [2.45, 2.75) is 45.1 Å². The summed E-state index contributed by atoms with van der Waals surface area (Å²) in [5, 5.41) is 3.49. The first-order chi connectivity index (χ1) is 9.64. The second kappa shape index (κ2) is 5.58. The third kappa shape index (κ3) is 2.45. The van der Waals surface area contributed by atoms with Gasteiger partial charge in [0, 0.05) is 12.0 Å². The van der Waals surface area contributed by atoms with E-state index in [0.717, 1.165) is 47.6 Å². The molecule has 0 radical (unpaired) electrons. The molecule has 0 bridgehead atoms. The first kappa shape index (κ1) is 14.2. The molecule has 3 rings (SSSR count). The van der Waals surface area contributed by atoms with E-state index in [1.165, 1.54) is 0 Å². The first-order valence-electron chi connectivity index (χ1n) is 7.20. The molecule has 3 nitrogen and oxygen atoms in total. The normalized spacial score (nSPS) is 27.1. The van der Waals surface area contributed by atoms with Gasteiger partial charge >= 0.3 is 0 Å². The van der Waals surface area contributed by atoms with Gasteiger partial charge < -0.3 is 4.74 Å². The van der Waals surface area contributed by atoms with E-state index in [-0.39, 0.29) is 5.60 Å². The smallest absolute Gasteiger partial charge is 0.163 e. The van der Waals surface area contributed by atoms with Crippen LogP contribution in [0.3, 0.4) is 0 Å². The molecule has 0 amide bonds. The van der Waals surface area contributed by atoms with E-state index in [0.29, 0.717) is 11.8 Å². The van der Waals surface area contributed by atoms with Crippen molar-refractivity contribution in [1.82, 2.24) is 9.97 Å². The Labute approximate surface area is 128 Å². The molecule has 1 aliphatic carbocycles. The van der Waals surface area contributed by atoms with Crippen LogP contribution in [0.25, 0.3) is 10.2 Å². The van der Waals surface area contributed by atoms with E-state index in [9.17, 15) is 0 Å². The average molecular weight is 311 g/mol. The maximum absolute atomic E-state index is 6.31. The van der Waals surface area contributed by atoms with Gasteiger partial charge in [-0.1, -0.05) is 18.5 Å². The predicted octanol–water partition coefficient (Wildman–Crippen LogP) is 4.79. The molecule has 108 valence electrons. The number of hydrogen-bond acceptors (Lipinski definition) is 4.